The summed E-state index contributed by atoms with van der Waals surface area (Å²) in [5.41, 5.74) is 10.4. The molecule has 5 rings (SSSR count). The summed E-state index contributed by atoms with van der Waals surface area (Å²) in [5, 5.41) is 2.50. The maximum atomic E-state index is 6.24. The van der Waals surface area contributed by atoms with Crippen LogP contribution in [0.25, 0.3) is 0 Å². The smallest absolute Gasteiger partial charge is 0.0595 e. The zero-order valence-corrected chi connectivity index (χ0v) is 18.1. The fraction of sp³-hybridized carbons (Fsp3) is 0.250. The van der Waals surface area contributed by atoms with E-state index >= 15 is 0 Å². The molecule has 2 aromatic rings. The van der Waals surface area contributed by atoms with Crippen LogP contribution in [0.1, 0.15) is 35.1 Å². The standard InChI is InChI=1S/C24H16Cl4/c25-21-9-17-5-13-1-2-14-6-18-10-22(26)24(28)12-20(18)8-16(14)4-3-15(13)7-19(17)11-23(21)27/h9-12H,1-2,5-8H2. The number of allylic oxidation sites excluding steroid dienone is 4. The Hall–Kier alpha value is -1.36. The summed E-state index contributed by atoms with van der Waals surface area (Å²) in [5.74, 6) is 6.98. The number of fused-ring (bicyclic) bond motifs is 2. The van der Waals surface area contributed by atoms with Crippen molar-refractivity contribution in [2.45, 2.75) is 38.5 Å². The van der Waals surface area contributed by atoms with E-state index in [4.69, 9.17) is 46.4 Å². The van der Waals surface area contributed by atoms with Crippen molar-refractivity contribution in [2.75, 3.05) is 0 Å². The van der Waals surface area contributed by atoms with Crippen molar-refractivity contribution < 1.29 is 0 Å². The highest BCUT2D eigenvalue weighted by atomic mass is 35.5. The SMILES string of the molecule is Clc1cc2c(cc1Cl)CC1=C(C#CC3=C(CC1)Cc1cc(Cl)c(Cl)cc1C3)C2. The van der Waals surface area contributed by atoms with E-state index in [2.05, 4.69) is 11.8 Å². The van der Waals surface area contributed by atoms with Gasteiger partial charge in [0.05, 0.1) is 20.1 Å². The van der Waals surface area contributed by atoms with E-state index in [9.17, 15) is 0 Å². The van der Waals surface area contributed by atoms with Gasteiger partial charge in [0.1, 0.15) is 0 Å². The Labute approximate surface area is 185 Å². The van der Waals surface area contributed by atoms with Gasteiger partial charge in [0.2, 0.25) is 0 Å². The monoisotopic (exact) mass is 444 g/mol. The predicted molar refractivity (Wildman–Crippen MR) is 119 cm³/mol. The van der Waals surface area contributed by atoms with Crippen LogP contribution >= 0.6 is 46.4 Å². The number of hydrogen-bond donors (Lipinski definition) is 0. The van der Waals surface area contributed by atoms with Gasteiger partial charge in [-0.25, -0.2) is 0 Å². The predicted octanol–water partition coefficient (Wildman–Crippen LogP) is 7.59. The largest absolute Gasteiger partial charge is 0.0827 e. The molecular weight excluding hydrogens is 430 g/mol. The second-order valence-corrected chi connectivity index (χ2v) is 9.32. The fourth-order valence-corrected chi connectivity index (χ4v) is 5.16. The highest BCUT2D eigenvalue weighted by molar-refractivity contribution is 6.42. The lowest BCUT2D eigenvalue weighted by atomic mass is 9.79. The van der Waals surface area contributed by atoms with Gasteiger partial charge in [-0.15, -0.1) is 0 Å². The van der Waals surface area contributed by atoms with Gasteiger partial charge in [-0.3, -0.25) is 0 Å². The Balaban J connectivity index is 1.49. The summed E-state index contributed by atoms with van der Waals surface area (Å²) in [7, 11) is 0. The number of benzene rings is 2. The summed E-state index contributed by atoms with van der Waals surface area (Å²) in [6, 6.07) is 8.03. The fourth-order valence-electron chi connectivity index (χ4n) is 4.42. The van der Waals surface area contributed by atoms with Crippen molar-refractivity contribution in [2.24, 2.45) is 0 Å². The van der Waals surface area contributed by atoms with Crippen molar-refractivity contribution >= 4 is 46.4 Å². The quantitative estimate of drug-likeness (QED) is 0.366. The Morgan fingerprint density at radius 2 is 0.821 bits per heavy atom. The van der Waals surface area contributed by atoms with Gasteiger partial charge in [0.15, 0.2) is 0 Å². The van der Waals surface area contributed by atoms with E-state index < -0.39 is 0 Å². The highest BCUT2D eigenvalue weighted by Gasteiger charge is 2.23. The Kier molecular flexibility index (Phi) is 4.77. The number of rotatable bonds is 0. The molecule has 0 saturated carbocycles. The summed E-state index contributed by atoms with van der Waals surface area (Å²) < 4.78 is 0. The molecule has 0 amide bonds. The van der Waals surface area contributed by atoms with Gasteiger partial charge in [-0.05, 0) is 72.2 Å². The minimum absolute atomic E-state index is 0.618. The summed E-state index contributed by atoms with van der Waals surface area (Å²) in [6.07, 6.45) is 5.59. The molecule has 28 heavy (non-hydrogen) atoms. The third kappa shape index (κ3) is 3.30. The van der Waals surface area contributed by atoms with Gasteiger partial charge in [-0.2, -0.15) is 0 Å². The van der Waals surface area contributed by atoms with E-state index in [0.29, 0.717) is 20.1 Å². The summed E-state index contributed by atoms with van der Waals surface area (Å²) in [4.78, 5) is 0. The van der Waals surface area contributed by atoms with E-state index in [1.54, 1.807) is 0 Å². The maximum absolute atomic E-state index is 6.24. The molecule has 0 nitrogen and oxygen atoms in total. The molecule has 3 aliphatic rings. The van der Waals surface area contributed by atoms with E-state index in [1.165, 1.54) is 44.5 Å². The van der Waals surface area contributed by atoms with Gasteiger partial charge in [0, 0.05) is 24.0 Å². The molecule has 2 aromatic carbocycles. The van der Waals surface area contributed by atoms with Gasteiger partial charge < -0.3 is 0 Å². The minimum Gasteiger partial charge on any atom is -0.0827 e. The Morgan fingerprint density at radius 3 is 1.18 bits per heavy atom. The molecule has 0 spiro atoms. The van der Waals surface area contributed by atoms with Crippen LogP contribution in [-0.2, 0) is 25.7 Å². The first kappa shape index (κ1) is 18.7. The first-order valence-electron chi connectivity index (χ1n) is 9.35. The molecule has 0 unspecified atom stereocenters. The molecule has 0 atom stereocenters. The lowest BCUT2D eigenvalue weighted by molar-refractivity contribution is 0.802. The Bertz CT molecular complexity index is 1070. The normalized spacial score (nSPS) is 17.6. The number of hydrogen-bond acceptors (Lipinski definition) is 0. The van der Waals surface area contributed by atoms with Crippen LogP contribution in [-0.4, -0.2) is 0 Å². The molecule has 3 aliphatic carbocycles. The molecule has 4 heteroatoms. The number of halogens is 4. The molecule has 140 valence electrons. The molecule has 0 radical (unpaired) electrons. The summed E-state index contributed by atoms with van der Waals surface area (Å²) >= 11 is 24.9. The van der Waals surface area contributed by atoms with Crippen molar-refractivity contribution in [1.29, 1.82) is 0 Å². The van der Waals surface area contributed by atoms with Gasteiger partial charge in [-0.1, -0.05) is 69.4 Å². The second kappa shape index (κ2) is 7.16. The lowest BCUT2D eigenvalue weighted by Crippen LogP contribution is -2.13. The maximum Gasteiger partial charge on any atom is 0.0595 e. The zero-order chi connectivity index (χ0) is 19.4. The lowest BCUT2D eigenvalue weighted by Gasteiger charge is -2.26. The molecule has 0 heterocycles. The molecule has 0 aliphatic heterocycles. The van der Waals surface area contributed by atoms with E-state index in [1.807, 2.05) is 24.3 Å². The molecule has 0 N–H and O–H groups in total. The molecular formula is C24H16Cl4. The van der Waals surface area contributed by atoms with Gasteiger partial charge >= 0.3 is 0 Å². The first-order valence-corrected chi connectivity index (χ1v) is 10.9. The zero-order valence-electron chi connectivity index (χ0n) is 15.1. The van der Waals surface area contributed by atoms with Crippen LogP contribution < -0.4 is 0 Å². The van der Waals surface area contributed by atoms with Crippen molar-refractivity contribution in [3.05, 3.63) is 88.9 Å². The third-order valence-corrected chi connectivity index (χ3v) is 7.42. The minimum atomic E-state index is 0.618. The first-order chi connectivity index (χ1) is 13.5. The van der Waals surface area contributed by atoms with Crippen LogP contribution in [0.5, 0.6) is 0 Å². The average molecular weight is 446 g/mol. The molecule has 0 fully saturated rings. The topological polar surface area (TPSA) is 0 Å². The van der Waals surface area contributed by atoms with Crippen LogP contribution in [0.4, 0.5) is 0 Å². The molecule has 0 bridgehead atoms. The second-order valence-electron chi connectivity index (χ2n) is 7.69. The molecule has 0 aromatic heterocycles. The highest BCUT2D eigenvalue weighted by Crippen LogP contribution is 2.38. The van der Waals surface area contributed by atoms with E-state index in [0.717, 1.165) is 38.5 Å². The molecule has 0 saturated heterocycles. The van der Waals surface area contributed by atoms with Crippen LogP contribution in [0.3, 0.4) is 0 Å². The van der Waals surface area contributed by atoms with Crippen LogP contribution in [0, 0.1) is 11.8 Å². The van der Waals surface area contributed by atoms with Crippen molar-refractivity contribution in [1.82, 2.24) is 0 Å². The Morgan fingerprint density at radius 1 is 0.500 bits per heavy atom. The summed E-state index contributed by atoms with van der Waals surface area (Å²) in [6.45, 7) is 0. The van der Waals surface area contributed by atoms with Crippen LogP contribution in [0.2, 0.25) is 20.1 Å². The van der Waals surface area contributed by atoms with Crippen molar-refractivity contribution in [3.8, 4) is 11.8 Å². The third-order valence-electron chi connectivity index (χ3n) is 5.97. The van der Waals surface area contributed by atoms with Crippen LogP contribution in [0.15, 0.2) is 46.6 Å². The van der Waals surface area contributed by atoms with Gasteiger partial charge in [0.25, 0.3) is 0 Å². The van der Waals surface area contributed by atoms with Crippen molar-refractivity contribution in [3.63, 3.8) is 0 Å². The average Bonchev–Trinajstić information content (AvgIpc) is 2.65. The van der Waals surface area contributed by atoms with E-state index in [-0.39, 0.29) is 0 Å².